The molecule has 0 bridgehead atoms. The van der Waals surface area contributed by atoms with Gasteiger partial charge in [-0.1, -0.05) is 147 Å². The number of halogens is 1. The zero-order valence-electron chi connectivity index (χ0n) is 65.7. The normalized spacial score (nSPS) is 18.1. The Labute approximate surface area is 686 Å². The molecule has 4 heterocycles. The molecular weight excluding hydrogens is 1540 g/mol. The first kappa shape index (κ1) is 88.0. The second kappa shape index (κ2) is 41.9. The number of benzene rings is 6. The van der Waals surface area contributed by atoms with Crippen molar-refractivity contribution in [3.8, 4) is 0 Å². The highest BCUT2D eigenvalue weighted by Crippen LogP contribution is 2.26. The van der Waals surface area contributed by atoms with Crippen molar-refractivity contribution >= 4 is 117 Å². The lowest BCUT2D eigenvalue weighted by atomic mass is 9.99. The summed E-state index contributed by atoms with van der Waals surface area (Å²) in [6.45, 7) is 7.10. The van der Waals surface area contributed by atoms with Gasteiger partial charge in [0.25, 0.3) is 5.91 Å². The number of morpholine rings is 1. The van der Waals surface area contributed by atoms with Crippen LogP contribution in [0.3, 0.4) is 0 Å². The van der Waals surface area contributed by atoms with Crippen molar-refractivity contribution in [3.63, 3.8) is 0 Å². The van der Waals surface area contributed by atoms with Gasteiger partial charge in [0, 0.05) is 75.5 Å². The van der Waals surface area contributed by atoms with Crippen molar-refractivity contribution in [2.75, 3.05) is 51.3 Å². The number of nitrogens with two attached hydrogens (primary N) is 2. The van der Waals surface area contributed by atoms with Crippen LogP contribution < -0.4 is 75.3 Å². The number of anilines is 1. The van der Waals surface area contributed by atoms with E-state index in [1.54, 1.807) is 80.6 Å². The summed E-state index contributed by atoms with van der Waals surface area (Å²) < 4.78 is 5.56. The molecule has 4 saturated heterocycles. The SMILES string of the molecule is CC(C)C[C@H](NC(=O)[C@@H](Cc1ccc(CN2CCOCC2)cc1)NC(=O)[C@H](Cc1ccc(NC(=O)C2CC(=O)NC(=O)N2)cc1)NC(=O)[C@H](CO)NC(=O)[C@@H](Cc1ccccc1)NC(=O)C(Cc1ccc(Cl)cc1)N1C(=O)NC(Cc2ccc3ccccc3c2)C1=O)C(=O)N[C@@H](CCCNC(=N)N)C(=O)N1CCC[C@H]1C(=O)N[C@H](C)C(N)=O. The summed E-state index contributed by atoms with van der Waals surface area (Å²) in [4.78, 5) is 202. The molecule has 4 fully saturated rings. The summed E-state index contributed by atoms with van der Waals surface area (Å²) in [6.07, 6.45) is -0.719. The number of carbonyl (C=O) groups excluding carboxylic acids is 14. The number of aliphatic hydroxyl groups excluding tert-OH is 1. The van der Waals surface area contributed by atoms with E-state index in [2.05, 4.69) is 68.7 Å². The van der Waals surface area contributed by atoms with E-state index < -0.39 is 162 Å². The Morgan fingerprint density at radius 1 is 0.585 bits per heavy atom. The van der Waals surface area contributed by atoms with Gasteiger partial charge in [-0.2, -0.15) is 0 Å². The van der Waals surface area contributed by atoms with E-state index in [-0.39, 0.29) is 88.4 Å². The predicted octanol–water partition coefficient (Wildman–Crippen LogP) is 0.856. The van der Waals surface area contributed by atoms with E-state index in [4.69, 9.17) is 33.2 Å². The highest BCUT2D eigenvalue weighted by Gasteiger charge is 2.46. The minimum atomic E-state index is -1.91. The molecule has 4 aliphatic heterocycles. The van der Waals surface area contributed by atoms with Gasteiger partial charge in [-0.3, -0.25) is 73.2 Å². The Balaban J connectivity index is 0.938. The molecule has 0 aromatic heterocycles. The van der Waals surface area contributed by atoms with Crippen LogP contribution in [0.1, 0.15) is 92.7 Å². The Hall–Kier alpha value is -12.4. The fraction of sp³-hybridized carbons (Fsp3) is 0.410. The number of nitrogens with zero attached hydrogens (tertiary/aromatic N) is 3. The van der Waals surface area contributed by atoms with E-state index in [0.717, 1.165) is 26.8 Å². The first-order valence-electron chi connectivity index (χ1n) is 39.2. The molecule has 35 heteroatoms. The maximum absolute atomic E-state index is 15.6. The predicted molar refractivity (Wildman–Crippen MR) is 435 cm³/mol. The number of guanidine groups is 1. The molecule has 18 N–H and O–H groups in total. The number of aliphatic hydroxyl groups is 1. The van der Waals surface area contributed by atoms with Gasteiger partial charge in [-0.15, -0.1) is 0 Å². The van der Waals surface area contributed by atoms with Gasteiger partial charge < -0.3 is 84.7 Å². The molecule has 11 atom stereocenters. The smallest absolute Gasteiger partial charge is 0.325 e. The monoisotopic (exact) mass is 1640 g/mol. The Morgan fingerprint density at radius 2 is 1.12 bits per heavy atom. The van der Waals surface area contributed by atoms with Crippen LogP contribution in [0.2, 0.25) is 5.02 Å². The van der Waals surface area contributed by atoms with E-state index in [1.165, 1.54) is 36.1 Å². The van der Waals surface area contributed by atoms with E-state index in [9.17, 15) is 48.3 Å². The number of carbonyl (C=O) groups is 14. The Morgan fingerprint density at radius 3 is 1.73 bits per heavy atom. The fourth-order valence-corrected chi connectivity index (χ4v) is 14.5. The van der Waals surface area contributed by atoms with Gasteiger partial charge in [0.1, 0.15) is 66.5 Å². The Bertz CT molecular complexity index is 4640. The summed E-state index contributed by atoms with van der Waals surface area (Å²) >= 11 is 6.28. The lowest BCUT2D eigenvalue weighted by Gasteiger charge is -2.31. The first-order valence-corrected chi connectivity index (χ1v) is 39.6. The maximum Gasteiger partial charge on any atom is 0.325 e. The van der Waals surface area contributed by atoms with Crippen LogP contribution in [-0.2, 0) is 101 Å². The van der Waals surface area contributed by atoms with Crippen molar-refractivity contribution in [3.05, 3.63) is 184 Å². The van der Waals surface area contributed by atoms with Gasteiger partial charge >= 0.3 is 12.1 Å². The molecule has 118 heavy (non-hydrogen) atoms. The second-order valence-corrected chi connectivity index (χ2v) is 30.6. The number of hydrogen-bond acceptors (Lipinski definition) is 18. The number of fused-ring (bicyclic) bond motifs is 1. The number of rotatable bonds is 38. The molecule has 0 saturated carbocycles. The third-order valence-electron chi connectivity index (χ3n) is 20.7. The quantitative estimate of drug-likeness (QED) is 0.0111. The molecule has 34 nitrogen and oxygen atoms in total. The average molecular weight is 1640 g/mol. The minimum Gasteiger partial charge on any atom is -0.394 e. The molecular formula is C83H101ClN18O16. The number of amides is 16. The lowest BCUT2D eigenvalue weighted by molar-refractivity contribution is -0.142. The zero-order chi connectivity index (χ0) is 84.7. The summed E-state index contributed by atoms with van der Waals surface area (Å²) in [5, 5.41) is 52.5. The average Bonchev–Trinajstić information content (AvgIpc) is 1.64. The molecule has 4 aliphatic rings. The molecule has 0 radical (unpaired) electrons. The van der Waals surface area contributed by atoms with Gasteiger partial charge in [0.15, 0.2) is 5.96 Å². The maximum atomic E-state index is 15.6. The molecule has 16 amide bonds. The van der Waals surface area contributed by atoms with Crippen LogP contribution in [0.5, 0.6) is 0 Å². The number of imide groups is 2. The highest BCUT2D eigenvalue weighted by molar-refractivity contribution is 6.30. The number of nitrogens with one attached hydrogen (secondary N) is 13. The third-order valence-corrected chi connectivity index (χ3v) is 21.0. The molecule has 6 aromatic rings. The van der Waals surface area contributed by atoms with Crippen LogP contribution in [0.15, 0.2) is 146 Å². The van der Waals surface area contributed by atoms with Crippen LogP contribution in [-0.4, -0.2) is 221 Å². The molecule has 3 unspecified atom stereocenters. The summed E-state index contributed by atoms with van der Waals surface area (Å²) in [5.41, 5.74) is 14.7. The van der Waals surface area contributed by atoms with Crippen molar-refractivity contribution in [2.24, 2.45) is 17.4 Å². The first-order chi connectivity index (χ1) is 56.5. The topological polar surface area (TPSA) is 498 Å². The number of primary amides is 1. The minimum absolute atomic E-state index is 0.0298. The summed E-state index contributed by atoms with van der Waals surface area (Å²) in [5.74, 6) is -10.8. The van der Waals surface area contributed by atoms with Gasteiger partial charge in [0.05, 0.1) is 26.2 Å². The van der Waals surface area contributed by atoms with Crippen LogP contribution in [0, 0.1) is 11.3 Å². The van der Waals surface area contributed by atoms with Crippen molar-refractivity contribution < 1.29 is 77.0 Å². The van der Waals surface area contributed by atoms with E-state index >= 15 is 24.0 Å². The van der Waals surface area contributed by atoms with E-state index in [0.29, 0.717) is 66.5 Å². The summed E-state index contributed by atoms with van der Waals surface area (Å²) in [7, 11) is 0. The standard InChI is InChI=1S/C83H101ClN18O16/c1-47(2)37-60(72(107)91-59(15-9-31-88-81(86)87)79(114)101-32-10-16-67(101)77(112)89-48(3)70(85)105)92-73(108)61(40-50-17-19-53(20-18-50)45-100-33-35-118-36-34-100)93-74(109)62(41-51-24-29-58(30-25-51)90-71(106)64-44-69(104)99-82(116)97-64)94-76(111)66(46-103)96-75(110)63(39-49-11-5-4-6-12-49)95-78(113)68(43-52-22-27-57(84)28-23-52)102-80(115)65(98-83(102)117)42-54-21-26-55-13-7-8-14-56(55)38-54/h4-8,11-14,17-30,38,47-48,59-68,103H,9-10,15-16,31-37,39-46H2,1-3H3,(H2,85,105)(H,89,112)(H,90,106)(H,91,107)(H,92,108)(H,93,109)(H,94,111)(H,95,113)(H,96,110)(H,98,117)(H4,86,87,88)(H2,97,99,104,116)/t48-,59+,60+,61-,62+,63-,64?,65?,66+,67+,68?/m1/s1. The summed E-state index contributed by atoms with van der Waals surface area (Å²) in [6, 6.07) is 23.8. The van der Waals surface area contributed by atoms with Crippen LogP contribution >= 0.6 is 11.6 Å². The van der Waals surface area contributed by atoms with Gasteiger partial charge in [0.2, 0.25) is 65.0 Å². The number of urea groups is 2. The molecule has 626 valence electrons. The third kappa shape index (κ3) is 25.1. The highest BCUT2D eigenvalue weighted by atomic mass is 35.5. The van der Waals surface area contributed by atoms with E-state index in [1.807, 2.05) is 54.6 Å². The van der Waals surface area contributed by atoms with Crippen molar-refractivity contribution in [2.45, 2.75) is 164 Å². The number of hydrogen-bond donors (Lipinski definition) is 16. The fourth-order valence-electron chi connectivity index (χ4n) is 14.4. The number of ether oxygens (including phenoxy) is 1. The second-order valence-electron chi connectivity index (χ2n) is 30.2. The van der Waals surface area contributed by atoms with Gasteiger partial charge in [-0.05, 0) is 113 Å². The molecule has 0 spiro atoms. The molecule has 10 rings (SSSR count). The molecule has 0 aliphatic carbocycles. The Kier molecular flexibility index (Phi) is 31.3. The van der Waals surface area contributed by atoms with Crippen molar-refractivity contribution in [1.82, 2.24) is 73.2 Å². The zero-order valence-corrected chi connectivity index (χ0v) is 66.4. The largest absolute Gasteiger partial charge is 0.394 e. The van der Waals surface area contributed by atoms with Crippen molar-refractivity contribution in [1.29, 1.82) is 5.41 Å². The number of likely N-dealkylation sites (tertiary alicyclic amines) is 1. The van der Waals surface area contributed by atoms with Crippen LogP contribution in [0.4, 0.5) is 15.3 Å². The van der Waals surface area contributed by atoms with Gasteiger partial charge in [-0.25, -0.2) is 14.5 Å². The molecule has 6 aromatic carbocycles. The lowest BCUT2D eigenvalue weighted by Crippen LogP contribution is -2.61. The van der Waals surface area contributed by atoms with Crippen LogP contribution in [0.25, 0.3) is 10.8 Å².